The van der Waals surface area contributed by atoms with Crippen molar-refractivity contribution < 1.29 is 14.6 Å². The van der Waals surface area contributed by atoms with Gasteiger partial charge in [-0.05, 0) is 12.8 Å². The summed E-state index contributed by atoms with van der Waals surface area (Å²) in [6, 6.07) is 0. The summed E-state index contributed by atoms with van der Waals surface area (Å²) in [5.74, 6) is -0.279. The zero-order valence-electron chi connectivity index (χ0n) is 8.04. The van der Waals surface area contributed by atoms with Gasteiger partial charge in [0.15, 0.2) is 0 Å². The number of aliphatic hydroxyl groups excluding tert-OH is 1. The van der Waals surface area contributed by atoms with Gasteiger partial charge >= 0.3 is 5.97 Å². The van der Waals surface area contributed by atoms with Crippen molar-refractivity contribution in [2.45, 2.75) is 39.7 Å². The van der Waals surface area contributed by atoms with E-state index in [-0.39, 0.29) is 18.5 Å². The van der Waals surface area contributed by atoms with Crippen molar-refractivity contribution in [2.24, 2.45) is 5.92 Å². The van der Waals surface area contributed by atoms with Crippen LogP contribution in [0, 0.1) is 5.92 Å². The molecular weight excluding hydrogens is 156 g/mol. The molecule has 0 aliphatic heterocycles. The van der Waals surface area contributed by atoms with Crippen molar-refractivity contribution in [2.75, 3.05) is 6.61 Å². The lowest BCUT2D eigenvalue weighted by Gasteiger charge is -2.11. The molecule has 2 atom stereocenters. The second-order valence-electron chi connectivity index (χ2n) is 3.00. The smallest absolute Gasteiger partial charge is 0.308 e. The Hall–Kier alpha value is -0.570. The third-order valence-corrected chi connectivity index (χ3v) is 1.90. The molecule has 3 heteroatoms. The van der Waals surface area contributed by atoms with E-state index in [9.17, 15) is 4.79 Å². The van der Waals surface area contributed by atoms with Crippen molar-refractivity contribution in [3.05, 3.63) is 0 Å². The third-order valence-electron chi connectivity index (χ3n) is 1.90. The Morgan fingerprint density at radius 1 is 1.42 bits per heavy atom. The predicted molar refractivity (Wildman–Crippen MR) is 46.7 cm³/mol. The fourth-order valence-electron chi connectivity index (χ4n) is 0.605. The first-order chi connectivity index (χ1) is 5.61. The molecule has 0 saturated heterocycles. The number of hydrogen-bond donors (Lipinski definition) is 1. The summed E-state index contributed by atoms with van der Waals surface area (Å²) in [5.41, 5.74) is 0. The molecule has 0 heterocycles. The van der Waals surface area contributed by atoms with Crippen molar-refractivity contribution >= 4 is 5.97 Å². The molecule has 0 bridgehead atoms. The molecule has 2 unspecified atom stereocenters. The summed E-state index contributed by atoms with van der Waals surface area (Å²) in [6.45, 7) is 5.73. The number of aliphatic hydroxyl groups is 1. The van der Waals surface area contributed by atoms with Crippen LogP contribution in [0.5, 0.6) is 0 Å². The van der Waals surface area contributed by atoms with Crippen molar-refractivity contribution in [3.8, 4) is 0 Å². The number of hydrogen-bond acceptors (Lipinski definition) is 3. The molecule has 3 nitrogen and oxygen atoms in total. The summed E-state index contributed by atoms with van der Waals surface area (Å²) in [6.07, 6.45) is 0.882. The molecule has 0 fully saturated rings. The van der Waals surface area contributed by atoms with E-state index < -0.39 is 6.10 Å². The first-order valence-electron chi connectivity index (χ1n) is 4.46. The van der Waals surface area contributed by atoms with Gasteiger partial charge in [0.25, 0.3) is 0 Å². The summed E-state index contributed by atoms with van der Waals surface area (Å²) < 4.78 is 4.86. The second kappa shape index (κ2) is 6.00. The van der Waals surface area contributed by atoms with Crippen LogP contribution in [0.3, 0.4) is 0 Å². The van der Waals surface area contributed by atoms with Crippen LogP contribution in [-0.2, 0) is 9.53 Å². The third kappa shape index (κ3) is 4.34. The van der Waals surface area contributed by atoms with Crippen molar-refractivity contribution in [3.63, 3.8) is 0 Å². The topological polar surface area (TPSA) is 46.5 Å². The van der Waals surface area contributed by atoms with E-state index in [0.717, 1.165) is 6.42 Å². The molecule has 0 saturated carbocycles. The fraction of sp³-hybridized carbons (Fsp3) is 0.889. The lowest BCUT2D eigenvalue weighted by molar-refractivity contribution is -0.151. The summed E-state index contributed by atoms with van der Waals surface area (Å²) in [5, 5.41) is 9.08. The van der Waals surface area contributed by atoms with Crippen LogP contribution in [0.2, 0.25) is 0 Å². The highest BCUT2D eigenvalue weighted by Gasteiger charge is 2.13. The maximum absolute atomic E-state index is 11.1. The highest BCUT2D eigenvalue weighted by atomic mass is 16.5. The van der Waals surface area contributed by atoms with E-state index in [0.29, 0.717) is 6.42 Å². The average molecular weight is 174 g/mol. The number of carbonyl (C=O) groups is 1. The molecule has 0 radical (unpaired) electrons. The van der Waals surface area contributed by atoms with Crippen molar-refractivity contribution in [1.82, 2.24) is 0 Å². The number of esters is 1. The van der Waals surface area contributed by atoms with Crippen LogP contribution in [0.25, 0.3) is 0 Å². The Labute approximate surface area is 73.7 Å². The minimum absolute atomic E-state index is 0.0611. The molecule has 0 aliphatic rings. The van der Waals surface area contributed by atoms with E-state index >= 15 is 0 Å². The van der Waals surface area contributed by atoms with Gasteiger partial charge in [0, 0.05) is 0 Å². The van der Waals surface area contributed by atoms with Gasteiger partial charge < -0.3 is 9.84 Å². The van der Waals surface area contributed by atoms with Crippen molar-refractivity contribution in [1.29, 1.82) is 0 Å². The molecule has 12 heavy (non-hydrogen) atoms. The predicted octanol–water partition coefficient (Wildman–Crippen LogP) is 1.35. The highest BCUT2D eigenvalue weighted by molar-refractivity contribution is 5.71. The van der Waals surface area contributed by atoms with Gasteiger partial charge in [-0.3, -0.25) is 4.79 Å². The normalized spacial score (nSPS) is 15.3. The highest BCUT2D eigenvalue weighted by Crippen LogP contribution is 2.03. The van der Waals surface area contributed by atoms with Crippen LogP contribution in [0.15, 0.2) is 0 Å². The zero-order valence-corrected chi connectivity index (χ0v) is 8.04. The van der Waals surface area contributed by atoms with E-state index in [1.165, 1.54) is 0 Å². The van der Waals surface area contributed by atoms with Gasteiger partial charge in [-0.2, -0.15) is 0 Å². The second-order valence-corrected chi connectivity index (χ2v) is 3.00. The molecule has 0 amide bonds. The van der Waals surface area contributed by atoms with Gasteiger partial charge in [0.05, 0.1) is 12.0 Å². The largest absolute Gasteiger partial charge is 0.463 e. The van der Waals surface area contributed by atoms with E-state index in [4.69, 9.17) is 9.84 Å². The number of carbonyl (C=O) groups excluding carboxylic acids is 1. The van der Waals surface area contributed by atoms with E-state index in [2.05, 4.69) is 0 Å². The number of rotatable bonds is 5. The Morgan fingerprint density at radius 3 is 2.42 bits per heavy atom. The molecule has 0 spiro atoms. The van der Waals surface area contributed by atoms with Gasteiger partial charge in [0.2, 0.25) is 0 Å². The Morgan fingerprint density at radius 2 is 2.00 bits per heavy atom. The summed E-state index contributed by atoms with van der Waals surface area (Å²) >= 11 is 0. The first kappa shape index (κ1) is 11.4. The molecule has 72 valence electrons. The summed E-state index contributed by atoms with van der Waals surface area (Å²) in [4.78, 5) is 11.1. The lowest BCUT2D eigenvalue weighted by atomic mass is 10.1. The molecule has 0 aromatic heterocycles. The Bertz CT molecular complexity index is 134. The Kier molecular flexibility index (Phi) is 5.72. The van der Waals surface area contributed by atoms with Gasteiger partial charge in [-0.15, -0.1) is 0 Å². The lowest BCUT2D eigenvalue weighted by Crippen LogP contribution is -2.21. The van der Waals surface area contributed by atoms with E-state index in [1.807, 2.05) is 20.8 Å². The van der Waals surface area contributed by atoms with Crippen LogP contribution >= 0.6 is 0 Å². The Balaban J connectivity index is 3.56. The minimum atomic E-state index is -0.516. The SMILES string of the molecule is CCC(O)COC(=O)C(C)CC. The summed E-state index contributed by atoms with van der Waals surface area (Å²) in [7, 11) is 0. The maximum Gasteiger partial charge on any atom is 0.308 e. The molecule has 0 aromatic rings. The van der Waals surface area contributed by atoms with Gasteiger partial charge in [-0.1, -0.05) is 20.8 Å². The van der Waals surface area contributed by atoms with Crippen LogP contribution in [0.4, 0.5) is 0 Å². The molecule has 0 aliphatic carbocycles. The average Bonchev–Trinajstić information content (AvgIpc) is 2.11. The first-order valence-corrected chi connectivity index (χ1v) is 4.46. The maximum atomic E-state index is 11.1. The van der Waals surface area contributed by atoms with Gasteiger partial charge in [0.1, 0.15) is 6.61 Å². The molecule has 0 aromatic carbocycles. The monoisotopic (exact) mass is 174 g/mol. The molecule has 0 rings (SSSR count). The minimum Gasteiger partial charge on any atom is -0.463 e. The molecular formula is C9H18O3. The van der Waals surface area contributed by atoms with Crippen LogP contribution < -0.4 is 0 Å². The number of ether oxygens (including phenoxy) is 1. The van der Waals surface area contributed by atoms with Crippen LogP contribution in [-0.4, -0.2) is 23.8 Å². The zero-order chi connectivity index (χ0) is 9.56. The van der Waals surface area contributed by atoms with Crippen LogP contribution in [0.1, 0.15) is 33.6 Å². The molecule has 1 N–H and O–H groups in total. The van der Waals surface area contributed by atoms with E-state index in [1.54, 1.807) is 0 Å². The quantitative estimate of drug-likeness (QED) is 0.640. The standard InChI is InChI=1S/C9H18O3/c1-4-7(3)9(11)12-6-8(10)5-2/h7-8,10H,4-6H2,1-3H3. The van der Waals surface area contributed by atoms with Gasteiger partial charge in [-0.25, -0.2) is 0 Å². The fourth-order valence-corrected chi connectivity index (χ4v) is 0.605.